The van der Waals surface area contributed by atoms with Crippen molar-refractivity contribution >= 4 is 27.3 Å². The molecule has 2 aromatic carbocycles. The lowest BCUT2D eigenvalue weighted by Gasteiger charge is -2.26. The van der Waals surface area contributed by atoms with Gasteiger partial charge in [0.15, 0.2) is 0 Å². The average Bonchev–Trinajstić information content (AvgIpc) is 2.69. The van der Waals surface area contributed by atoms with Crippen molar-refractivity contribution in [1.29, 1.82) is 0 Å². The van der Waals surface area contributed by atoms with E-state index >= 15 is 0 Å². The van der Waals surface area contributed by atoms with Crippen LogP contribution in [-0.2, 0) is 14.8 Å². The van der Waals surface area contributed by atoms with Gasteiger partial charge < -0.3 is 10.1 Å². The highest BCUT2D eigenvalue weighted by Gasteiger charge is 2.28. The number of hydrogen-bond donors (Lipinski definition) is 1. The maximum Gasteiger partial charge on any atom is 0.271 e. The number of nitrogens with zero attached hydrogens (tertiary/aromatic N) is 2. The molecule has 3 rings (SSSR count). The molecule has 1 N–H and O–H groups in total. The maximum absolute atomic E-state index is 12.9. The van der Waals surface area contributed by atoms with Gasteiger partial charge in [0.1, 0.15) is 0 Å². The van der Waals surface area contributed by atoms with Gasteiger partial charge in [-0.15, -0.1) is 0 Å². The Labute approximate surface area is 162 Å². The lowest BCUT2D eigenvalue weighted by atomic mass is 10.1. The summed E-state index contributed by atoms with van der Waals surface area (Å²) in [5.41, 5.74) is 0.761. The molecule has 0 saturated carbocycles. The number of anilines is 1. The molecule has 1 heterocycles. The van der Waals surface area contributed by atoms with E-state index in [0.717, 1.165) is 0 Å². The molecule has 2 aromatic rings. The van der Waals surface area contributed by atoms with E-state index in [4.69, 9.17) is 4.74 Å². The van der Waals surface area contributed by atoms with Crippen LogP contribution in [0.5, 0.6) is 0 Å². The number of nitrogens with one attached hydrogen (secondary N) is 1. The number of nitro benzene ring substituents is 1. The fraction of sp³-hybridized carbons (Fsp3) is 0.278. The van der Waals surface area contributed by atoms with Gasteiger partial charge in [0.2, 0.25) is 10.0 Å². The first-order valence-electron chi connectivity index (χ1n) is 8.53. The molecule has 10 heteroatoms. The molecule has 0 spiro atoms. The molecule has 1 aliphatic heterocycles. The van der Waals surface area contributed by atoms with Gasteiger partial charge in [-0.1, -0.05) is 12.1 Å². The predicted octanol–water partition coefficient (Wildman–Crippen LogP) is 2.18. The molecule has 0 aromatic heterocycles. The zero-order chi connectivity index (χ0) is 20.3. The second-order valence-electron chi connectivity index (χ2n) is 6.26. The Morgan fingerprint density at radius 1 is 1.18 bits per heavy atom. The van der Waals surface area contributed by atoms with E-state index in [1.807, 2.05) is 0 Å². The van der Waals surface area contributed by atoms with Gasteiger partial charge in [-0.2, -0.15) is 4.31 Å². The number of carbonyl (C=O) groups is 1. The van der Waals surface area contributed by atoms with Crippen molar-refractivity contribution in [3.8, 4) is 0 Å². The molecule has 1 saturated heterocycles. The number of morpholine rings is 1. The van der Waals surface area contributed by atoms with Crippen LogP contribution in [-0.4, -0.2) is 49.9 Å². The van der Waals surface area contributed by atoms with Crippen LogP contribution in [0.1, 0.15) is 15.9 Å². The zero-order valence-corrected chi connectivity index (χ0v) is 15.9. The molecular formula is C18H19N3O6S. The number of ether oxygens (including phenoxy) is 1. The van der Waals surface area contributed by atoms with Crippen molar-refractivity contribution in [2.75, 3.05) is 31.6 Å². The van der Waals surface area contributed by atoms with Crippen LogP contribution in [0, 0.1) is 17.0 Å². The summed E-state index contributed by atoms with van der Waals surface area (Å²) < 4.78 is 32.4. The summed E-state index contributed by atoms with van der Waals surface area (Å²) in [7, 11) is -3.76. The SMILES string of the molecule is Cc1ccc(C(=O)Nc2cccc([N+](=O)[O-])c2)cc1S(=O)(=O)N1CCOCC1. The first kappa shape index (κ1) is 19.9. The van der Waals surface area contributed by atoms with Crippen molar-refractivity contribution in [3.05, 3.63) is 63.7 Å². The number of sulfonamides is 1. The largest absolute Gasteiger partial charge is 0.379 e. The second kappa shape index (κ2) is 8.05. The summed E-state index contributed by atoms with van der Waals surface area (Å²) >= 11 is 0. The number of non-ortho nitro benzene ring substituents is 1. The number of amides is 1. The summed E-state index contributed by atoms with van der Waals surface area (Å²) in [6.07, 6.45) is 0. The molecule has 28 heavy (non-hydrogen) atoms. The van der Waals surface area contributed by atoms with Crippen LogP contribution in [0.15, 0.2) is 47.4 Å². The third kappa shape index (κ3) is 4.19. The minimum absolute atomic E-state index is 0.0566. The van der Waals surface area contributed by atoms with E-state index in [0.29, 0.717) is 18.8 Å². The van der Waals surface area contributed by atoms with Gasteiger partial charge in [-0.05, 0) is 30.7 Å². The number of carbonyl (C=O) groups excluding carboxylic acids is 1. The Balaban J connectivity index is 1.87. The van der Waals surface area contributed by atoms with Crippen LogP contribution in [0.2, 0.25) is 0 Å². The molecule has 0 bridgehead atoms. The maximum atomic E-state index is 12.9. The Morgan fingerprint density at radius 2 is 1.89 bits per heavy atom. The van der Waals surface area contributed by atoms with Crippen LogP contribution in [0.25, 0.3) is 0 Å². The minimum atomic E-state index is -3.76. The van der Waals surface area contributed by atoms with Gasteiger partial charge in [0.25, 0.3) is 11.6 Å². The second-order valence-corrected chi connectivity index (χ2v) is 8.16. The quantitative estimate of drug-likeness (QED) is 0.601. The van der Waals surface area contributed by atoms with E-state index in [-0.39, 0.29) is 34.9 Å². The molecule has 0 aliphatic carbocycles. The molecule has 1 amide bonds. The van der Waals surface area contributed by atoms with Crippen LogP contribution < -0.4 is 5.32 Å². The smallest absolute Gasteiger partial charge is 0.271 e. The van der Waals surface area contributed by atoms with Crippen molar-refractivity contribution in [2.45, 2.75) is 11.8 Å². The normalized spacial score (nSPS) is 15.2. The summed E-state index contributed by atoms with van der Waals surface area (Å²) in [5, 5.41) is 13.4. The topological polar surface area (TPSA) is 119 Å². The first-order valence-corrected chi connectivity index (χ1v) is 9.97. The van der Waals surface area contributed by atoms with Crippen LogP contribution in [0.4, 0.5) is 11.4 Å². The predicted molar refractivity (Wildman–Crippen MR) is 102 cm³/mol. The van der Waals surface area contributed by atoms with Crippen molar-refractivity contribution in [2.24, 2.45) is 0 Å². The van der Waals surface area contributed by atoms with Crippen LogP contribution in [0.3, 0.4) is 0 Å². The lowest BCUT2D eigenvalue weighted by molar-refractivity contribution is -0.384. The summed E-state index contributed by atoms with van der Waals surface area (Å²) in [5.74, 6) is -0.557. The van der Waals surface area contributed by atoms with Gasteiger partial charge in [-0.3, -0.25) is 14.9 Å². The van der Waals surface area contributed by atoms with Gasteiger partial charge in [0.05, 0.1) is 23.0 Å². The Hall–Kier alpha value is -2.82. The Kier molecular flexibility index (Phi) is 5.73. The monoisotopic (exact) mass is 405 g/mol. The van der Waals surface area contributed by atoms with Crippen molar-refractivity contribution in [3.63, 3.8) is 0 Å². The molecule has 9 nitrogen and oxygen atoms in total. The van der Waals surface area contributed by atoms with Gasteiger partial charge in [-0.25, -0.2) is 8.42 Å². The number of benzene rings is 2. The highest BCUT2D eigenvalue weighted by molar-refractivity contribution is 7.89. The van der Waals surface area contributed by atoms with E-state index in [9.17, 15) is 23.3 Å². The van der Waals surface area contributed by atoms with Crippen molar-refractivity contribution in [1.82, 2.24) is 4.31 Å². The molecule has 1 fully saturated rings. The Bertz CT molecular complexity index is 1020. The number of rotatable bonds is 5. The molecular weight excluding hydrogens is 386 g/mol. The summed E-state index contributed by atoms with van der Waals surface area (Å²) in [6.45, 7) is 2.82. The number of nitro groups is 1. The van der Waals surface area contributed by atoms with Crippen LogP contribution >= 0.6 is 0 Å². The fourth-order valence-electron chi connectivity index (χ4n) is 2.85. The highest BCUT2D eigenvalue weighted by Crippen LogP contribution is 2.23. The summed E-state index contributed by atoms with van der Waals surface area (Å²) in [4.78, 5) is 22.9. The third-order valence-electron chi connectivity index (χ3n) is 4.35. The molecule has 0 radical (unpaired) electrons. The van der Waals surface area contributed by atoms with Crippen molar-refractivity contribution < 1.29 is 22.9 Å². The van der Waals surface area contributed by atoms with Gasteiger partial charge >= 0.3 is 0 Å². The van der Waals surface area contributed by atoms with E-state index in [1.54, 1.807) is 13.0 Å². The standard InChI is InChI=1S/C18H19N3O6S/c1-13-5-6-14(11-17(13)28(25,26)20-7-9-27-10-8-20)18(22)19-15-3-2-4-16(12-15)21(23)24/h2-6,11-12H,7-10H2,1H3,(H,19,22). The minimum Gasteiger partial charge on any atom is -0.379 e. The van der Waals surface area contributed by atoms with E-state index in [1.165, 1.54) is 40.7 Å². The lowest BCUT2D eigenvalue weighted by Crippen LogP contribution is -2.40. The first-order chi connectivity index (χ1) is 13.3. The highest BCUT2D eigenvalue weighted by atomic mass is 32.2. The number of hydrogen-bond acceptors (Lipinski definition) is 6. The molecule has 148 valence electrons. The average molecular weight is 405 g/mol. The van der Waals surface area contributed by atoms with Gasteiger partial charge in [0, 0.05) is 36.5 Å². The van der Waals surface area contributed by atoms with E-state index in [2.05, 4.69) is 5.32 Å². The Morgan fingerprint density at radius 3 is 2.57 bits per heavy atom. The fourth-order valence-corrected chi connectivity index (χ4v) is 4.50. The molecule has 1 aliphatic rings. The van der Waals surface area contributed by atoms with E-state index < -0.39 is 20.9 Å². The summed E-state index contributed by atoms with van der Waals surface area (Å²) in [6, 6.07) is 9.93. The zero-order valence-electron chi connectivity index (χ0n) is 15.1. The molecule has 0 atom stereocenters. The molecule has 0 unspecified atom stereocenters. The third-order valence-corrected chi connectivity index (χ3v) is 6.39. The number of aryl methyl sites for hydroxylation is 1.